The maximum Gasteiger partial charge on any atom is 0.308 e. The monoisotopic (exact) mass is 542 g/mol. The predicted octanol–water partition coefficient (Wildman–Crippen LogP) is 2.90. The molecule has 0 aliphatic carbocycles. The Labute approximate surface area is 190 Å². The molecule has 1 heterocycles. The number of carbonyl (C=O) groups excluding carboxylic acids is 2. The molecule has 3 rings (SSSR count). The number of rotatable bonds is 6. The Morgan fingerprint density at radius 3 is 2.23 bits per heavy atom. The van der Waals surface area contributed by atoms with E-state index in [1.165, 1.54) is 19.2 Å². The van der Waals surface area contributed by atoms with Crippen LogP contribution in [0.3, 0.4) is 0 Å². The molecular weight excluding hydrogens is 519 g/mol. The minimum atomic E-state index is -3.92. The Balaban J connectivity index is 1.82. The lowest BCUT2D eigenvalue weighted by Crippen LogP contribution is -2.46. The fraction of sp³-hybridized carbons (Fsp3) is 0.333. The summed E-state index contributed by atoms with van der Waals surface area (Å²) < 4.78 is 33.5. The summed E-state index contributed by atoms with van der Waals surface area (Å²) in [6.07, 6.45) is 1.01. The van der Waals surface area contributed by atoms with Gasteiger partial charge in [0.2, 0.25) is 5.91 Å². The molecule has 30 heavy (non-hydrogen) atoms. The third kappa shape index (κ3) is 5.12. The number of sulfonamides is 1. The molecule has 0 unspecified atom stereocenters. The first-order chi connectivity index (χ1) is 14.3. The van der Waals surface area contributed by atoms with Gasteiger partial charge in [-0.3, -0.25) is 13.9 Å². The van der Waals surface area contributed by atoms with Gasteiger partial charge in [-0.05, 0) is 71.8 Å². The fourth-order valence-electron chi connectivity index (χ4n) is 3.40. The molecule has 1 aliphatic rings. The highest BCUT2D eigenvalue weighted by Gasteiger charge is 2.32. The van der Waals surface area contributed by atoms with Gasteiger partial charge in [0, 0.05) is 16.7 Å². The standard InChI is InChI=1S/C21H23IN2O5S/c1-29-21(26)16-11-13-23(14-12-16)20(25)15-24(18-9-7-17(22)8-10-18)30(27,28)19-5-3-2-4-6-19/h2-10,16H,11-15H2,1H3. The molecule has 1 fully saturated rings. The van der Waals surface area contributed by atoms with Crippen LogP contribution in [0.15, 0.2) is 59.5 Å². The molecule has 0 N–H and O–H groups in total. The van der Waals surface area contributed by atoms with Crippen LogP contribution in [0.4, 0.5) is 5.69 Å². The molecule has 0 bridgehead atoms. The van der Waals surface area contributed by atoms with E-state index in [1.54, 1.807) is 47.4 Å². The van der Waals surface area contributed by atoms with E-state index >= 15 is 0 Å². The molecule has 9 heteroatoms. The zero-order valence-corrected chi connectivity index (χ0v) is 19.5. The molecule has 7 nitrogen and oxygen atoms in total. The molecular formula is C21H23IN2O5S. The second-order valence-electron chi connectivity index (χ2n) is 6.98. The number of esters is 1. The van der Waals surface area contributed by atoms with Crippen LogP contribution < -0.4 is 4.31 Å². The third-order valence-electron chi connectivity index (χ3n) is 5.11. The van der Waals surface area contributed by atoms with Gasteiger partial charge in [-0.25, -0.2) is 8.42 Å². The minimum Gasteiger partial charge on any atom is -0.469 e. The first-order valence-corrected chi connectivity index (χ1v) is 12.0. The highest BCUT2D eigenvalue weighted by Crippen LogP contribution is 2.25. The van der Waals surface area contributed by atoms with E-state index in [0.29, 0.717) is 31.6 Å². The molecule has 1 amide bonds. The van der Waals surface area contributed by atoms with Gasteiger partial charge >= 0.3 is 5.97 Å². The molecule has 0 aromatic heterocycles. The summed E-state index contributed by atoms with van der Waals surface area (Å²) in [5, 5.41) is 0. The van der Waals surface area contributed by atoms with Gasteiger partial charge in [0.05, 0.1) is 23.6 Å². The number of likely N-dealkylation sites (tertiary alicyclic amines) is 1. The highest BCUT2D eigenvalue weighted by atomic mass is 127. The van der Waals surface area contributed by atoms with Gasteiger partial charge in [-0.1, -0.05) is 18.2 Å². The van der Waals surface area contributed by atoms with Crippen molar-refractivity contribution >= 4 is 50.2 Å². The number of nitrogens with zero attached hydrogens (tertiary/aromatic N) is 2. The lowest BCUT2D eigenvalue weighted by molar-refractivity contribution is -0.148. The Morgan fingerprint density at radius 2 is 1.67 bits per heavy atom. The van der Waals surface area contributed by atoms with Crippen LogP contribution in [-0.2, 0) is 24.3 Å². The van der Waals surface area contributed by atoms with Crippen molar-refractivity contribution in [2.45, 2.75) is 17.7 Å². The molecule has 0 radical (unpaired) electrons. The molecule has 0 atom stereocenters. The SMILES string of the molecule is COC(=O)C1CCN(C(=O)CN(c2ccc(I)cc2)S(=O)(=O)c2ccccc2)CC1. The zero-order valence-electron chi connectivity index (χ0n) is 16.5. The van der Waals surface area contributed by atoms with Gasteiger partial charge in [0.15, 0.2) is 0 Å². The average Bonchev–Trinajstić information content (AvgIpc) is 2.78. The van der Waals surface area contributed by atoms with E-state index in [0.717, 1.165) is 7.88 Å². The van der Waals surface area contributed by atoms with Crippen molar-refractivity contribution < 1.29 is 22.7 Å². The number of methoxy groups -OCH3 is 1. The summed E-state index contributed by atoms with van der Waals surface area (Å²) in [5.41, 5.74) is 0.428. The second-order valence-corrected chi connectivity index (χ2v) is 10.1. The van der Waals surface area contributed by atoms with Crippen molar-refractivity contribution in [3.63, 3.8) is 0 Å². The molecule has 0 spiro atoms. The van der Waals surface area contributed by atoms with Crippen LogP contribution in [0.25, 0.3) is 0 Å². The molecule has 160 valence electrons. The quantitative estimate of drug-likeness (QED) is 0.414. The molecule has 2 aromatic rings. The molecule has 1 saturated heterocycles. The van der Waals surface area contributed by atoms with Crippen LogP contribution in [-0.4, -0.2) is 51.9 Å². The maximum absolute atomic E-state index is 13.3. The van der Waals surface area contributed by atoms with E-state index in [1.807, 2.05) is 0 Å². The van der Waals surface area contributed by atoms with Crippen LogP contribution in [0.1, 0.15) is 12.8 Å². The van der Waals surface area contributed by atoms with Crippen molar-refractivity contribution in [1.82, 2.24) is 4.90 Å². The summed E-state index contributed by atoms with van der Waals surface area (Å²) in [6.45, 7) is 0.482. The summed E-state index contributed by atoms with van der Waals surface area (Å²) in [6, 6.07) is 15.1. The number of anilines is 1. The number of hydrogen-bond donors (Lipinski definition) is 0. The first-order valence-electron chi connectivity index (χ1n) is 9.52. The number of piperidine rings is 1. The number of amides is 1. The lowest BCUT2D eigenvalue weighted by Gasteiger charge is -2.33. The molecule has 0 saturated carbocycles. The van der Waals surface area contributed by atoms with Crippen molar-refractivity contribution in [2.75, 3.05) is 31.0 Å². The van der Waals surface area contributed by atoms with Crippen LogP contribution in [0.2, 0.25) is 0 Å². The van der Waals surface area contributed by atoms with Gasteiger partial charge in [-0.2, -0.15) is 0 Å². The van der Waals surface area contributed by atoms with Gasteiger partial charge in [0.1, 0.15) is 6.54 Å². The zero-order chi connectivity index (χ0) is 21.7. The normalized spacial score (nSPS) is 14.9. The smallest absolute Gasteiger partial charge is 0.308 e. The van der Waals surface area contributed by atoms with E-state index in [9.17, 15) is 18.0 Å². The van der Waals surface area contributed by atoms with Gasteiger partial charge in [-0.15, -0.1) is 0 Å². The first kappa shape index (κ1) is 22.5. The predicted molar refractivity (Wildman–Crippen MR) is 121 cm³/mol. The average molecular weight is 542 g/mol. The summed E-state index contributed by atoms with van der Waals surface area (Å²) in [7, 11) is -2.57. The molecule has 2 aromatic carbocycles. The van der Waals surface area contributed by atoms with Crippen LogP contribution in [0, 0.1) is 9.49 Å². The number of halogens is 1. The van der Waals surface area contributed by atoms with E-state index in [-0.39, 0.29) is 29.2 Å². The number of hydrogen-bond acceptors (Lipinski definition) is 5. The molecule has 1 aliphatic heterocycles. The number of carbonyl (C=O) groups is 2. The van der Waals surface area contributed by atoms with Gasteiger partial charge in [0.25, 0.3) is 10.0 Å². The van der Waals surface area contributed by atoms with E-state index in [2.05, 4.69) is 22.6 Å². The van der Waals surface area contributed by atoms with Crippen molar-refractivity contribution in [3.8, 4) is 0 Å². The highest BCUT2D eigenvalue weighted by molar-refractivity contribution is 14.1. The third-order valence-corrected chi connectivity index (χ3v) is 7.61. The van der Waals surface area contributed by atoms with E-state index < -0.39 is 10.0 Å². The largest absolute Gasteiger partial charge is 0.469 e. The minimum absolute atomic E-state index is 0.126. The van der Waals surface area contributed by atoms with Crippen molar-refractivity contribution in [2.24, 2.45) is 5.92 Å². The van der Waals surface area contributed by atoms with Crippen LogP contribution in [0.5, 0.6) is 0 Å². The van der Waals surface area contributed by atoms with Gasteiger partial charge < -0.3 is 9.64 Å². The Hall–Kier alpha value is -2.14. The van der Waals surface area contributed by atoms with Crippen molar-refractivity contribution in [1.29, 1.82) is 0 Å². The summed E-state index contributed by atoms with van der Waals surface area (Å²) >= 11 is 2.14. The number of benzene rings is 2. The fourth-order valence-corrected chi connectivity index (χ4v) is 5.19. The summed E-state index contributed by atoms with van der Waals surface area (Å²) in [4.78, 5) is 26.4. The van der Waals surface area contributed by atoms with Crippen molar-refractivity contribution in [3.05, 3.63) is 58.2 Å². The lowest BCUT2D eigenvalue weighted by atomic mass is 9.97. The number of ether oxygens (including phenoxy) is 1. The van der Waals surface area contributed by atoms with Crippen LogP contribution >= 0.6 is 22.6 Å². The second kappa shape index (κ2) is 9.78. The van der Waals surface area contributed by atoms with E-state index in [4.69, 9.17) is 4.74 Å². The topological polar surface area (TPSA) is 84.0 Å². The Bertz CT molecular complexity index is 988. The maximum atomic E-state index is 13.3. The summed E-state index contributed by atoms with van der Waals surface area (Å²) in [5.74, 6) is -0.787. The Kier molecular flexibility index (Phi) is 7.35. The Morgan fingerprint density at radius 1 is 1.07 bits per heavy atom.